The number of nitrogens with zero attached hydrogens (tertiary/aromatic N) is 2. The number of benzene rings is 3. The molecule has 18 nitrogen and oxygen atoms in total. The van der Waals surface area contributed by atoms with Crippen molar-refractivity contribution in [2.45, 2.75) is 63.1 Å². The molecule has 3 aliphatic rings. The van der Waals surface area contributed by atoms with Gasteiger partial charge in [0, 0.05) is 74.6 Å². The molecule has 3 aliphatic heterocycles. The number of Topliss-reactive ketones (excluding diaryl/α,β-unsaturated/α-hetero) is 2. The van der Waals surface area contributed by atoms with Crippen LogP contribution in [0.1, 0.15) is 81.7 Å². The number of nitrogens with one attached hydrogen (secondary N) is 3. The predicted molar refractivity (Wildman–Crippen MR) is 227 cm³/mol. The van der Waals surface area contributed by atoms with Gasteiger partial charge in [0.15, 0.2) is 11.6 Å². The fourth-order valence-electron chi connectivity index (χ4n) is 7.80. The molecule has 348 valence electrons. The number of aliphatic hydroxyl groups is 1. The van der Waals surface area contributed by atoms with E-state index in [0.29, 0.717) is 80.8 Å². The molecule has 2 saturated heterocycles. The minimum Gasteiger partial charge on any atom is -0.486 e. The number of aromatic nitrogens is 1. The van der Waals surface area contributed by atoms with Crippen LogP contribution >= 0.6 is 0 Å². The monoisotopic (exact) mass is 915 g/mol. The number of carbonyl (C=O) groups excluding carboxylic acids is 8. The number of halogens is 2. The average Bonchev–Trinajstić information content (AvgIpc) is 3.93. The Hall–Kier alpha value is -6.74. The summed E-state index contributed by atoms with van der Waals surface area (Å²) in [7, 11) is 0. The van der Waals surface area contributed by atoms with Gasteiger partial charge in [-0.3, -0.25) is 48.6 Å². The molecule has 1 aromatic heterocycles. The van der Waals surface area contributed by atoms with Crippen LogP contribution < -0.4 is 20.3 Å². The summed E-state index contributed by atoms with van der Waals surface area (Å²) in [4.78, 5) is 106. The molecule has 0 spiro atoms. The first-order valence-electron chi connectivity index (χ1n) is 21.4. The lowest BCUT2D eigenvalue weighted by Gasteiger charge is -2.27. The SMILES string of the molecule is O=C(CCCOCCOCCOCCCC(=O)c1cc2cc(N3CCC(O)(C(=O)NCc4cc(F)cc(F)c4)C3=O)ccc2[nH]1)COc1ccc2c(c1)C(=O)N(C1CCC(=O)NC1=O)C2=O. The van der Waals surface area contributed by atoms with Crippen LogP contribution in [0.2, 0.25) is 0 Å². The van der Waals surface area contributed by atoms with Gasteiger partial charge in [-0.15, -0.1) is 0 Å². The Morgan fingerprint density at radius 3 is 2.20 bits per heavy atom. The van der Waals surface area contributed by atoms with Gasteiger partial charge in [0.25, 0.3) is 23.6 Å². The second-order valence-corrected chi connectivity index (χ2v) is 15.9. The van der Waals surface area contributed by atoms with Crippen molar-refractivity contribution in [1.29, 1.82) is 0 Å². The van der Waals surface area contributed by atoms with E-state index in [1.165, 1.54) is 23.1 Å². The van der Waals surface area contributed by atoms with E-state index >= 15 is 0 Å². The molecular formula is C46H47F2N5O13. The van der Waals surface area contributed by atoms with Crippen LogP contribution in [0, 0.1) is 11.6 Å². The van der Waals surface area contributed by atoms with E-state index in [0.717, 1.165) is 17.0 Å². The molecule has 4 heterocycles. The van der Waals surface area contributed by atoms with Gasteiger partial charge >= 0.3 is 0 Å². The summed E-state index contributed by atoms with van der Waals surface area (Å²) in [5.41, 5.74) is -0.636. The first kappa shape index (κ1) is 47.2. The molecule has 0 aliphatic carbocycles. The third-order valence-corrected chi connectivity index (χ3v) is 11.3. The van der Waals surface area contributed by atoms with Gasteiger partial charge in [0.2, 0.25) is 17.4 Å². The van der Waals surface area contributed by atoms with Crippen LogP contribution in [-0.2, 0) is 44.7 Å². The summed E-state index contributed by atoms with van der Waals surface area (Å²) < 4.78 is 49.3. The number of ketones is 2. The van der Waals surface area contributed by atoms with Crippen LogP contribution in [0.15, 0.2) is 60.7 Å². The zero-order valence-corrected chi connectivity index (χ0v) is 35.7. The lowest BCUT2D eigenvalue weighted by atomic mass is 10.0. The number of aromatic amines is 1. The van der Waals surface area contributed by atoms with Gasteiger partial charge in [-0.25, -0.2) is 8.78 Å². The Balaban J connectivity index is 0.717. The van der Waals surface area contributed by atoms with E-state index in [1.807, 2.05) is 0 Å². The Labute approximate surface area is 375 Å². The highest BCUT2D eigenvalue weighted by Crippen LogP contribution is 2.32. The van der Waals surface area contributed by atoms with Gasteiger partial charge in [0.05, 0.1) is 43.2 Å². The highest BCUT2D eigenvalue weighted by Gasteiger charge is 2.52. The first-order chi connectivity index (χ1) is 31.7. The molecule has 3 aromatic carbocycles. The molecule has 0 radical (unpaired) electrons. The molecule has 0 bridgehead atoms. The molecule has 4 N–H and O–H groups in total. The number of H-pyrrole nitrogens is 1. The fraction of sp³-hybridized carbons (Fsp3) is 0.391. The molecule has 20 heteroatoms. The molecule has 7 rings (SSSR count). The third-order valence-electron chi connectivity index (χ3n) is 11.3. The second-order valence-electron chi connectivity index (χ2n) is 15.9. The lowest BCUT2D eigenvalue weighted by Crippen LogP contribution is -2.54. The first-order valence-corrected chi connectivity index (χ1v) is 21.4. The Bertz CT molecular complexity index is 2540. The van der Waals surface area contributed by atoms with Crippen molar-refractivity contribution in [2.75, 3.05) is 57.7 Å². The Morgan fingerprint density at radius 2 is 1.48 bits per heavy atom. The van der Waals surface area contributed by atoms with Crippen LogP contribution in [0.4, 0.5) is 14.5 Å². The van der Waals surface area contributed by atoms with Crippen molar-refractivity contribution in [3.05, 3.63) is 94.7 Å². The number of anilines is 1. The number of carbonyl (C=O) groups is 8. The van der Waals surface area contributed by atoms with Crippen LogP contribution in [0.3, 0.4) is 0 Å². The number of piperidine rings is 1. The summed E-state index contributed by atoms with van der Waals surface area (Å²) in [6.07, 6.45) is 1.16. The largest absolute Gasteiger partial charge is 0.486 e. The van der Waals surface area contributed by atoms with Gasteiger partial charge in [0.1, 0.15) is 30.0 Å². The zero-order chi connectivity index (χ0) is 47.0. The maximum atomic E-state index is 13.5. The predicted octanol–water partition coefficient (Wildman–Crippen LogP) is 3.07. The van der Waals surface area contributed by atoms with Gasteiger partial charge in [-0.2, -0.15) is 0 Å². The minimum atomic E-state index is -2.37. The van der Waals surface area contributed by atoms with Crippen molar-refractivity contribution >= 4 is 63.6 Å². The molecule has 4 aromatic rings. The van der Waals surface area contributed by atoms with Crippen LogP contribution in [-0.4, -0.2) is 126 Å². The zero-order valence-electron chi connectivity index (χ0n) is 35.7. The maximum Gasteiger partial charge on any atom is 0.268 e. The summed E-state index contributed by atoms with van der Waals surface area (Å²) in [6.45, 7) is 1.38. The smallest absolute Gasteiger partial charge is 0.268 e. The standard InChI is InChI=1S/C46H47F2N5O13/c47-29-19-27(20-30(48)23-29)25-49-44(60)46(62)11-12-52(45(46)61)31-5-8-36-28(21-31)22-37(50-36)39(55)4-2-14-64-16-18-65-17-15-63-13-1-3-32(54)26-66-33-6-7-34-35(24-33)43(59)53(42(34)58)38-9-10-40(56)51-41(38)57/h5-8,19-24,38,50,62H,1-4,9-18,25-26H2,(H,49,60)(H,51,56,57). The number of imide groups is 2. The molecule has 0 saturated carbocycles. The van der Waals surface area contributed by atoms with Gasteiger partial charge < -0.3 is 39.3 Å². The van der Waals surface area contributed by atoms with Crippen molar-refractivity contribution < 1.29 is 71.2 Å². The molecule has 2 fully saturated rings. The van der Waals surface area contributed by atoms with Gasteiger partial charge in [-0.05, 0) is 79.4 Å². The van der Waals surface area contributed by atoms with Crippen LogP contribution in [0.5, 0.6) is 5.75 Å². The van der Waals surface area contributed by atoms with E-state index in [9.17, 15) is 52.2 Å². The minimum absolute atomic E-state index is 0.0128. The molecule has 66 heavy (non-hydrogen) atoms. The highest BCUT2D eigenvalue weighted by atomic mass is 19.1. The summed E-state index contributed by atoms with van der Waals surface area (Å²) in [5, 5.41) is 16.2. The average molecular weight is 916 g/mol. The fourth-order valence-corrected chi connectivity index (χ4v) is 7.80. The van der Waals surface area contributed by atoms with E-state index in [4.69, 9.17) is 18.9 Å². The quantitative estimate of drug-likeness (QED) is 0.0363. The van der Waals surface area contributed by atoms with Crippen molar-refractivity contribution in [3.8, 4) is 5.75 Å². The van der Waals surface area contributed by atoms with Gasteiger partial charge in [-0.1, -0.05) is 0 Å². The van der Waals surface area contributed by atoms with Crippen LogP contribution in [0.25, 0.3) is 10.9 Å². The molecular weight excluding hydrogens is 869 g/mol. The highest BCUT2D eigenvalue weighted by molar-refractivity contribution is 6.23. The second kappa shape index (κ2) is 21.0. The number of fused-ring (bicyclic) bond motifs is 2. The number of hydrogen-bond donors (Lipinski definition) is 4. The van der Waals surface area contributed by atoms with Crippen molar-refractivity contribution in [2.24, 2.45) is 0 Å². The van der Waals surface area contributed by atoms with E-state index in [1.54, 1.807) is 24.3 Å². The summed E-state index contributed by atoms with van der Waals surface area (Å²) in [5.74, 6) is -6.06. The summed E-state index contributed by atoms with van der Waals surface area (Å²) >= 11 is 0. The number of rotatable bonds is 23. The van der Waals surface area contributed by atoms with E-state index < -0.39 is 58.7 Å². The number of amides is 6. The maximum absolute atomic E-state index is 13.5. The summed E-state index contributed by atoms with van der Waals surface area (Å²) in [6, 6.07) is 12.6. The molecule has 2 atom stereocenters. The number of ether oxygens (including phenoxy) is 4. The molecule has 6 amide bonds. The van der Waals surface area contributed by atoms with Crippen molar-refractivity contribution in [1.82, 2.24) is 20.5 Å². The lowest BCUT2D eigenvalue weighted by molar-refractivity contribution is -0.149. The van der Waals surface area contributed by atoms with E-state index in [-0.39, 0.29) is 85.8 Å². The van der Waals surface area contributed by atoms with E-state index in [2.05, 4.69) is 15.6 Å². The topological polar surface area (TPSA) is 240 Å². The normalized spacial score (nSPS) is 18.3. The third kappa shape index (κ3) is 11.0. The Morgan fingerprint density at radius 1 is 0.803 bits per heavy atom. The van der Waals surface area contributed by atoms with Crippen molar-refractivity contribution in [3.63, 3.8) is 0 Å². The Kier molecular flexibility index (Phi) is 15.1. The number of hydrogen-bond acceptors (Lipinski definition) is 13. The molecule has 2 unspecified atom stereocenters.